The molecule has 17 heavy (non-hydrogen) atoms. The third-order valence-corrected chi connectivity index (χ3v) is 3.59. The van der Waals surface area contributed by atoms with Crippen molar-refractivity contribution in [3.8, 4) is 0 Å². The molecule has 0 aliphatic heterocycles. The zero-order valence-corrected chi connectivity index (χ0v) is 11.0. The molecule has 2 rings (SSSR count). The minimum Gasteiger partial charge on any atom is -0.398 e. The molecule has 0 aliphatic carbocycles. The van der Waals surface area contributed by atoms with Crippen molar-refractivity contribution in [2.75, 3.05) is 32.1 Å². The Kier molecular flexibility index (Phi) is 3.86. The zero-order chi connectivity index (χ0) is 12.3. The van der Waals surface area contributed by atoms with Crippen LogP contribution in [0, 0.1) is 0 Å². The van der Waals surface area contributed by atoms with Crippen LogP contribution in [-0.2, 0) is 0 Å². The Hall–Kier alpha value is -1.26. The van der Waals surface area contributed by atoms with Gasteiger partial charge in [-0.25, -0.2) is 0 Å². The van der Waals surface area contributed by atoms with Gasteiger partial charge in [0, 0.05) is 34.5 Å². The number of aromatic nitrogens is 1. The highest BCUT2D eigenvalue weighted by Gasteiger charge is 2.05. The number of anilines is 1. The van der Waals surface area contributed by atoms with Gasteiger partial charge >= 0.3 is 0 Å². The largest absolute Gasteiger partial charge is 0.398 e. The van der Waals surface area contributed by atoms with E-state index in [1.54, 1.807) is 0 Å². The first-order valence-electron chi connectivity index (χ1n) is 5.59. The van der Waals surface area contributed by atoms with Gasteiger partial charge < -0.3 is 10.6 Å². The van der Waals surface area contributed by atoms with Crippen LogP contribution in [0.2, 0.25) is 0 Å². The highest BCUT2D eigenvalue weighted by molar-refractivity contribution is 7.99. The molecule has 0 unspecified atom stereocenters. The van der Waals surface area contributed by atoms with E-state index in [1.165, 1.54) is 4.90 Å². The molecule has 90 valence electrons. The quantitative estimate of drug-likeness (QED) is 0.666. The average Bonchev–Trinajstić information content (AvgIpc) is 2.32. The molecule has 4 heteroatoms. The topological polar surface area (TPSA) is 42.1 Å². The molecule has 0 spiro atoms. The van der Waals surface area contributed by atoms with E-state index in [1.807, 2.05) is 36.2 Å². The molecule has 0 fully saturated rings. The number of hydrogen-bond donors (Lipinski definition) is 1. The maximum Gasteiger partial charge on any atom is 0.0858 e. The highest BCUT2D eigenvalue weighted by atomic mass is 32.2. The van der Waals surface area contributed by atoms with E-state index in [0.717, 1.165) is 28.9 Å². The summed E-state index contributed by atoms with van der Waals surface area (Å²) in [4.78, 5) is 7.81. The van der Waals surface area contributed by atoms with Gasteiger partial charge in [0.05, 0.1) is 5.52 Å². The van der Waals surface area contributed by atoms with Gasteiger partial charge in [-0.3, -0.25) is 4.98 Å². The minimum absolute atomic E-state index is 0.796. The highest BCUT2D eigenvalue weighted by Crippen LogP contribution is 2.29. The van der Waals surface area contributed by atoms with Gasteiger partial charge in [-0.15, -0.1) is 11.8 Å². The lowest BCUT2D eigenvalue weighted by molar-refractivity contribution is 0.437. The van der Waals surface area contributed by atoms with E-state index in [9.17, 15) is 0 Å². The zero-order valence-electron chi connectivity index (χ0n) is 10.2. The van der Waals surface area contributed by atoms with Crippen molar-refractivity contribution in [3.05, 3.63) is 30.5 Å². The fraction of sp³-hybridized carbons (Fsp3) is 0.308. The standard InChI is InChI=1S/C13H17N3S/c1-16(2)8-9-17-12-6-5-11(14)10-4-3-7-15-13(10)12/h3-7H,8-9,14H2,1-2H3. The third-order valence-electron chi connectivity index (χ3n) is 2.56. The number of fused-ring (bicyclic) bond motifs is 1. The number of hydrogen-bond acceptors (Lipinski definition) is 4. The first kappa shape index (κ1) is 12.2. The van der Waals surface area contributed by atoms with Crippen LogP contribution in [-0.4, -0.2) is 36.3 Å². The smallest absolute Gasteiger partial charge is 0.0858 e. The molecule has 0 amide bonds. The van der Waals surface area contributed by atoms with Crippen LogP contribution in [0.15, 0.2) is 35.4 Å². The second-order valence-corrected chi connectivity index (χ2v) is 5.34. The lowest BCUT2D eigenvalue weighted by atomic mass is 10.2. The lowest BCUT2D eigenvalue weighted by Crippen LogP contribution is -2.14. The second kappa shape index (κ2) is 5.38. The van der Waals surface area contributed by atoms with E-state index >= 15 is 0 Å². The van der Waals surface area contributed by atoms with E-state index in [4.69, 9.17) is 5.73 Å². The first-order valence-corrected chi connectivity index (χ1v) is 6.58. The van der Waals surface area contributed by atoms with E-state index in [2.05, 4.69) is 30.0 Å². The van der Waals surface area contributed by atoms with E-state index < -0.39 is 0 Å². The van der Waals surface area contributed by atoms with E-state index in [0.29, 0.717) is 0 Å². The van der Waals surface area contributed by atoms with Crippen molar-refractivity contribution in [1.29, 1.82) is 0 Å². The molecule has 2 N–H and O–H groups in total. The Balaban J connectivity index is 2.26. The average molecular weight is 247 g/mol. The van der Waals surface area contributed by atoms with Gasteiger partial charge in [-0.2, -0.15) is 0 Å². The first-order chi connectivity index (χ1) is 8.18. The number of benzene rings is 1. The van der Waals surface area contributed by atoms with Crippen molar-refractivity contribution in [2.45, 2.75) is 4.90 Å². The predicted octanol–water partition coefficient (Wildman–Crippen LogP) is 2.47. The molecule has 2 aromatic rings. The number of rotatable bonds is 4. The fourth-order valence-corrected chi connectivity index (χ4v) is 2.76. The Morgan fingerprint density at radius 3 is 2.88 bits per heavy atom. The predicted molar refractivity (Wildman–Crippen MR) is 75.4 cm³/mol. The van der Waals surface area contributed by atoms with Crippen molar-refractivity contribution >= 4 is 28.4 Å². The Labute approximate surface area is 106 Å². The Bertz CT molecular complexity index is 511. The van der Waals surface area contributed by atoms with Crippen LogP contribution >= 0.6 is 11.8 Å². The van der Waals surface area contributed by atoms with Gasteiger partial charge in [0.15, 0.2) is 0 Å². The lowest BCUT2D eigenvalue weighted by Gasteiger charge is -2.10. The summed E-state index contributed by atoms with van der Waals surface area (Å²) in [6.45, 7) is 1.06. The second-order valence-electron chi connectivity index (χ2n) is 4.20. The van der Waals surface area contributed by atoms with E-state index in [-0.39, 0.29) is 0 Å². The van der Waals surface area contributed by atoms with Crippen LogP contribution in [0.25, 0.3) is 10.9 Å². The van der Waals surface area contributed by atoms with Crippen molar-refractivity contribution < 1.29 is 0 Å². The SMILES string of the molecule is CN(C)CCSc1ccc(N)c2cccnc12. The normalized spacial score (nSPS) is 11.2. The molecule has 0 bridgehead atoms. The molecule has 0 atom stereocenters. The summed E-state index contributed by atoms with van der Waals surface area (Å²) in [7, 11) is 4.17. The molecule has 3 nitrogen and oxygen atoms in total. The number of pyridine rings is 1. The van der Waals surface area contributed by atoms with Gasteiger partial charge in [0.2, 0.25) is 0 Å². The van der Waals surface area contributed by atoms with Crippen LogP contribution in [0.4, 0.5) is 5.69 Å². The monoisotopic (exact) mass is 247 g/mol. The maximum atomic E-state index is 5.94. The summed E-state index contributed by atoms with van der Waals surface area (Å²) in [5.41, 5.74) is 7.75. The van der Waals surface area contributed by atoms with Crippen molar-refractivity contribution in [1.82, 2.24) is 9.88 Å². The summed E-state index contributed by atoms with van der Waals surface area (Å²) in [6, 6.07) is 7.97. The molecule has 0 saturated heterocycles. The maximum absolute atomic E-state index is 5.94. The number of nitrogen functional groups attached to an aromatic ring is 1. The summed E-state index contributed by atoms with van der Waals surface area (Å²) < 4.78 is 0. The van der Waals surface area contributed by atoms with Crippen LogP contribution in [0.1, 0.15) is 0 Å². The summed E-state index contributed by atoms with van der Waals surface area (Å²) in [6.07, 6.45) is 1.82. The molecule has 0 radical (unpaired) electrons. The minimum atomic E-state index is 0.796. The third kappa shape index (κ3) is 2.90. The Morgan fingerprint density at radius 1 is 1.29 bits per heavy atom. The summed E-state index contributed by atoms with van der Waals surface area (Å²) in [5, 5.41) is 1.04. The molecule has 0 aliphatic rings. The Morgan fingerprint density at radius 2 is 2.12 bits per heavy atom. The van der Waals surface area contributed by atoms with Crippen LogP contribution < -0.4 is 5.73 Å². The van der Waals surface area contributed by atoms with Gasteiger partial charge in [0.25, 0.3) is 0 Å². The van der Waals surface area contributed by atoms with Crippen molar-refractivity contribution in [3.63, 3.8) is 0 Å². The number of nitrogens with two attached hydrogens (primary N) is 1. The fourth-order valence-electron chi connectivity index (χ4n) is 1.62. The van der Waals surface area contributed by atoms with Gasteiger partial charge in [-0.1, -0.05) is 0 Å². The van der Waals surface area contributed by atoms with Crippen molar-refractivity contribution in [2.24, 2.45) is 0 Å². The van der Waals surface area contributed by atoms with Gasteiger partial charge in [-0.05, 0) is 38.4 Å². The number of nitrogens with zero attached hydrogens (tertiary/aromatic N) is 2. The molecule has 1 heterocycles. The molecule has 1 aromatic heterocycles. The summed E-state index contributed by atoms with van der Waals surface area (Å²) in [5.74, 6) is 1.06. The number of thioether (sulfide) groups is 1. The molecular weight excluding hydrogens is 230 g/mol. The summed E-state index contributed by atoms with van der Waals surface area (Å²) >= 11 is 1.83. The molecule has 0 saturated carbocycles. The van der Waals surface area contributed by atoms with Crippen LogP contribution in [0.3, 0.4) is 0 Å². The van der Waals surface area contributed by atoms with Crippen LogP contribution in [0.5, 0.6) is 0 Å². The molecule has 1 aromatic carbocycles. The van der Waals surface area contributed by atoms with Gasteiger partial charge in [0.1, 0.15) is 0 Å². The molecular formula is C13H17N3S.